The molecule has 3 aromatic heterocycles. The van der Waals surface area contributed by atoms with Crippen LogP contribution in [0.1, 0.15) is 40.5 Å². The van der Waals surface area contributed by atoms with Gasteiger partial charge in [0, 0.05) is 29.9 Å². The lowest BCUT2D eigenvalue weighted by atomic mass is 10.1. The molecule has 0 aliphatic heterocycles. The molecule has 0 aliphatic rings. The average Bonchev–Trinajstić information content (AvgIpc) is 3.10. The first-order chi connectivity index (χ1) is 11.4. The van der Waals surface area contributed by atoms with Gasteiger partial charge in [-0.15, -0.1) is 0 Å². The van der Waals surface area contributed by atoms with Gasteiger partial charge in [-0.05, 0) is 39.7 Å². The maximum Gasteiger partial charge on any atom is 0.306 e. The molecule has 0 atom stereocenters. The predicted molar refractivity (Wildman–Crippen MR) is 86.6 cm³/mol. The first-order valence-corrected chi connectivity index (χ1v) is 7.84. The summed E-state index contributed by atoms with van der Waals surface area (Å²) in [6.07, 6.45) is 0.843. The Hall–Kier alpha value is -2.70. The van der Waals surface area contributed by atoms with Crippen LogP contribution in [0.2, 0.25) is 0 Å². The molecule has 0 N–H and O–H groups in total. The van der Waals surface area contributed by atoms with Crippen LogP contribution in [-0.2, 0) is 22.6 Å². The van der Waals surface area contributed by atoms with Crippen LogP contribution >= 0.6 is 0 Å². The van der Waals surface area contributed by atoms with E-state index in [9.17, 15) is 4.79 Å². The molecule has 0 spiro atoms. The summed E-state index contributed by atoms with van der Waals surface area (Å²) in [5.41, 5.74) is 5.46. The molecule has 126 valence electrons. The van der Waals surface area contributed by atoms with Gasteiger partial charge in [0.2, 0.25) is 0 Å². The van der Waals surface area contributed by atoms with E-state index in [2.05, 4.69) is 15.2 Å². The lowest BCUT2D eigenvalue weighted by Crippen LogP contribution is -2.10. The Morgan fingerprint density at radius 3 is 2.71 bits per heavy atom. The monoisotopic (exact) mass is 328 g/mol. The molecule has 7 nitrogen and oxygen atoms in total. The molecular formula is C17H20N4O3. The minimum atomic E-state index is -0.278. The highest BCUT2D eigenvalue weighted by molar-refractivity contribution is 5.69. The van der Waals surface area contributed by atoms with Gasteiger partial charge < -0.3 is 9.26 Å². The molecule has 3 rings (SSSR count). The molecule has 0 aliphatic carbocycles. The van der Waals surface area contributed by atoms with E-state index in [0.29, 0.717) is 12.2 Å². The van der Waals surface area contributed by atoms with Crippen molar-refractivity contribution in [2.45, 2.75) is 47.1 Å². The largest absolute Gasteiger partial charge is 0.457 e. The molecule has 0 amide bonds. The fourth-order valence-corrected chi connectivity index (χ4v) is 2.74. The van der Waals surface area contributed by atoms with E-state index in [-0.39, 0.29) is 19.0 Å². The van der Waals surface area contributed by atoms with E-state index >= 15 is 0 Å². The van der Waals surface area contributed by atoms with Crippen LogP contribution in [0, 0.1) is 27.7 Å². The Morgan fingerprint density at radius 2 is 2.00 bits per heavy atom. The van der Waals surface area contributed by atoms with E-state index in [4.69, 9.17) is 9.26 Å². The maximum atomic E-state index is 12.0. The van der Waals surface area contributed by atoms with Gasteiger partial charge in [0.1, 0.15) is 0 Å². The van der Waals surface area contributed by atoms with Gasteiger partial charge in [0.25, 0.3) is 0 Å². The molecule has 0 aromatic carbocycles. The van der Waals surface area contributed by atoms with Crippen molar-refractivity contribution >= 4 is 11.6 Å². The van der Waals surface area contributed by atoms with Crippen molar-refractivity contribution in [3.63, 3.8) is 0 Å². The number of carbonyl (C=O) groups is 1. The van der Waals surface area contributed by atoms with Crippen LogP contribution in [0.4, 0.5) is 0 Å². The van der Waals surface area contributed by atoms with Gasteiger partial charge in [-0.25, -0.2) is 9.50 Å². The number of carbonyl (C=O) groups excluding carboxylic acids is 1. The fourth-order valence-electron chi connectivity index (χ4n) is 2.74. The van der Waals surface area contributed by atoms with Crippen molar-refractivity contribution < 1.29 is 14.1 Å². The number of aryl methyl sites for hydroxylation is 4. The second kappa shape index (κ2) is 6.43. The number of fused-ring (bicyclic) bond motifs is 1. The number of aromatic nitrogens is 4. The first kappa shape index (κ1) is 16.2. The lowest BCUT2D eigenvalue weighted by Gasteiger charge is -2.10. The Bertz CT molecular complexity index is 895. The number of esters is 1. The highest BCUT2D eigenvalue weighted by atomic mass is 16.5. The molecule has 7 heteroatoms. The van der Waals surface area contributed by atoms with Crippen LogP contribution in [0.3, 0.4) is 0 Å². The molecule has 0 bridgehead atoms. The van der Waals surface area contributed by atoms with Crippen molar-refractivity contribution in [3.05, 3.63) is 46.2 Å². The summed E-state index contributed by atoms with van der Waals surface area (Å²) in [7, 11) is 0. The van der Waals surface area contributed by atoms with Crippen LogP contribution < -0.4 is 0 Å². The summed E-state index contributed by atoms with van der Waals surface area (Å²) in [6, 6.07) is 3.69. The number of hydrogen-bond donors (Lipinski definition) is 0. The molecule has 0 unspecified atom stereocenters. The van der Waals surface area contributed by atoms with Crippen molar-refractivity contribution in [3.8, 4) is 0 Å². The highest BCUT2D eigenvalue weighted by Crippen LogP contribution is 2.17. The highest BCUT2D eigenvalue weighted by Gasteiger charge is 2.14. The molecule has 0 fully saturated rings. The van der Waals surface area contributed by atoms with Crippen LogP contribution in [0.5, 0.6) is 0 Å². The molecule has 3 aromatic rings. The van der Waals surface area contributed by atoms with E-state index in [1.165, 1.54) is 0 Å². The van der Waals surface area contributed by atoms with Crippen LogP contribution in [0.25, 0.3) is 5.65 Å². The molecule has 0 radical (unpaired) electrons. The number of nitrogens with zero attached hydrogens (tertiary/aromatic N) is 4. The van der Waals surface area contributed by atoms with Crippen LogP contribution in [0.15, 0.2) is 16.7 Å². The zero-order valence-electron chi connectivity index (χ0n) is 14.3. The summed E-state index contributed by atoms with van der Waals surface area (Å²) >= 11 is 0. The third kappa shape index (κ3) is 3.29. The van der Waals surface area contributed by atoms with Gasteiger partial charge in [0.05, 0.1) is 11.4 Å². The Morgan fingerprint density at radius 1 is 1.21 bits per heavy atom. The van der Waals surface area contributed by atoms with Gasteiger partial charge in [0.15, 0.2) is 18.0 Å². The van der Waals surface area contributed by atoms with Crippen molar-refractivity contribution in [2.24, 2.45) is 0 Å². The summed E-state index contributed by atoms with van der Waals surface area (Å²) in [6.45, 7) is 7.80. The van der Waals surface area contributed by atoms with Crippen molar-refractivity contribution in [2.75, 3.05) is 0 Å². The number of hydrogen-bond acceptors (Lipinski definition) is 6. The second-order valence-corrected chi connectivity index (χ2v) is 5.91. The zero-order chi connectivity index (χ0) is 17.3. The van der Waals surface area contributed by atoms with Gasteiger partial charge in [-0.2, -0.15) is 5.10 Å². The molecule has 3 heterocycles. The third-order valence-corrected chi connectivity index (χ3v) is 3.92. The summed E-state index contributed by atoms with van der Waals surface area (Å²) in [5.74, 6) is 0.267. The van der Waals surface area contributed by atoms with E-state index < -0.39 is 0 Å². The third-order valence-electron chi connectivity index (χ3n) is 3.92. The SMILES string of the molecule is Cc1cc(COC(=O)CCc2c(C)nc3cc(C)nn3c2C)on1. The fraction of sp³-hybridized carbons (Fsp3) is 0.412. The Balaban J connectivity index is 1.65. The quantitative estimate of drug-likeness (QED) is 0.670. The molecular weight excluding hydrogens is 308 g/mol. The zero-order valence-corrected chi connectivity index (χ0v) is 14.3. The lowest BCUT2D eigenvalue weighted by molar-refractivity contribution is -0.145. The van der Waals surface area contributed by atoms with Crippen LogP contribution in [-0.4, -0.2) is 25.7 Å². The molecule has 0 saturated heterocycles. The normalized spacial score (nSPS) is 11.2. The average molecular weight is 328 g/mol. The summed E-state index contributed by atoms with van der Waals surface area (Å²) in [4.78, 5) is 16.5. The number of ether oxygens (including phenoxy) is 1. The Labute approximate surface area is 139 Å². The number of rotatable bonds is 5. The molecule has 0 saturated carbocycles. The summed E-state index contributed by atoms with van der Waals surface area (Å²) < 4.78 is 12.1. The first-order valence-electron chi connectivity index (χ1n) is 7.84. The standard InChI is InChI=1S/C17H20N4O3/c1-10-8-16-18-12(3)15(13(4)21(16)19-10)5-6-17(22)23-9-14-7-11(2)20-24-14/h7-8H,5-6,9H2,1-4H3. The van der Waals surface area contributed by atoms with Gasteiger partial charge in [-0.1, -0.05) is 5.16 Å². The van der Waals surface area contributed by atoms with E-state index in [1.807, 2.05) is 38.3 Å². The maximum absolute atomic E-state index is 12.0. The van der Waals surface area contributed by atoms with E-state index in [0.717, 1.165) is 34.0 Å². The predicted octanol–water partition coefficient (Wildman–Crippen LogP) is 2.63. The molecule has 24 heavy (non-hydrogen) atoms. The summed E-state index contributed by atoms with van der Waals surface area (Å²) in [5, 5.41) is 8.20. The van der Waals surface area contributed by atoms with Gasteiger partial charge >= 0.3 is 5.97 Å². The minimum absolute atomic E-state index is 0.104. The van der Waals surface area contributed by atoms with E-state index in [1.54, 1.807) is 6.07 Å². The topological polar surface area (TPSA) is 82.5 Å². The van der Waals surface area contributed by atoms with Crippen molar-refractivity contribution in [1.29, 1.82) is 0 Å². The van der Waals surface area contributed by atoms with Gasteiger partial charge in [-0.3, -0.25) is 4.79 Å². The second-order valence-electron chi connectivity index (χ2n) is 5.91. The Kier molecular flexibility index (Phi) is 4.33. The minimum Gasteiger partial charge on any atom is -0.457 e. The smallest absolute Gasteiger partial charge is 0.306 e. The van der Waals surface area contributed by atoms with Crippen molar-refractivity contribution in [1.82, 2.24) is 19.8 Å².